The average molecular weight is 1060 g/mol. The second kappa shape index (κ2) is 19.1. The molecule has 2 nitrogen and oxygen atoms in total. The molecule has 0 saturated carbocycles. The molecule has 12 rings (SSSR count). The van der Waals surface area contributed by atoms with Gasteiger partial charge < -0.3 is 9.13 Å². The highest BCUT2D eigenvalue weighted by atomic mass is 19.4. The Morgan fingerprint density at radius 1 is 0.287 bits per heavy atom. The van der Waals surface area contributed by atoms with E-state index in [9.17, 15) is 0 Å². The molecule has 7 heteroatoms. The summed E-state index contributed by atoms with van der Waals surface area (Å²) in [6.45, 7) is 24.9. The molecular weight excluding hydrogens is 1000 g/mol. The van der Waals surface area contributed by atoms with Crippen LogP contribution in [0.3, 0.4) is 0 Å². The third-order valence-electron chi connectivity index (χ3n) is 16.5. The molecule has 0 atom stereocenters. The van der Waals surface area contributed by atoms with E-state index >= 15 is 22.0 Å². The number of nitrogens with zero attached hydrogens (tertiary/aromatic N) is 2. The predicted octanol–water partition coefficient (Wildman–Crippen LogP) is 21.2. The highest BCUT2D eigenvalue weighted by molar-refractivity contribution is 6.14. The SMILES string of the molecule is Cc1cc(C)c(-c2ccc3c(c2)c2cc(-c4c(C)cc(C)cc4C)ccc2n3-c2cc(-c3c(F)cccc3F)cc(-n3c4ccc(-c5c(C)cc(C)cc5C)cc4c4cc(-c5c(C)cc(C)cc5C)ccc43)c2C(F)(F)F)c(C)c1. The Bertz CT molecular complexity index is 4020. The lowest BCUT2D eigenvalue weighted by molar-refractivity contribution is -0.137. The van der Waals surface area contributed by atoms with Crippen LogP contribution < -0.4 is 0 Å². The summed E-state index contributed by atoms with van der Waals surface area (Å²) in [4.78, 5) is 0. The van der Waals surface area contributed by atoms with Crippen LogP contribution in [0, 0.1) is 94.7 Å². The van der Waals surface area contributed by atoms with E-state index < -0.39 is 28.9 Å². The molecule has 0 aliphatic heterocycles. The Labute approximate surface area is 464 Å². The number of hydrogen-bond acceptors (Lipinski definition) is 0. The van der Waals surface area contributed by atoms with Gasteiger partial charge in [-0.05, 0) is 250 Å². The molecule has 0 saturated heterocycles. The lowest BCUT2D eigenvalue weighted by Gasteiger charge is -2.23. The topological polar surface area (TPSA) is 9.86 Å². The second-order valence-corrected chi connectivity index (χ2v) is 22.7. The van der Waals surface area contributed by atoms with Crippen molar-refractivity contribution in [2.45, 2.75) is 89.3 Å². The van der Waals surface area contributed by atoms with Crippen molar-refractivity contribution in [2.75, 3.05) is 0 Å². The zero-order chi connectivity index (χ0) is 56.5. The molecule has 0 aliphatic carbocycles. The quantitative estimate of drug-likeness (QED) is 0.141. The molecule has 80 heavy (non-hydrogen) atoms. The van der Waals surface area contributed by atoms with Crippen LogP contribution >= 0.6 is 0 Å². The first-order valence-corrected chi connectivity index (χ1v) is 27.3. The molecule has 0 aliphatic rings. The van der Waals surface area contributed by atoms with Crippen molar-refractivity contribution >= 4 is 43.6 Å². The van der Waals surface area contributed by atoms with E-state index in [1.807, 2.05) is 48.5 Å². The third kappa shape index (κ3) is 8.52. The molecule has 2 aromatic heterocycles. The number of hydrogen-bond donors (Lipinski definition) is 0. The number of fused-ring (bicyclic) bond motifs is 6. The molecule has 0 unspecified atom stereocenters. The van der Waals surface area contributed by atoms with Crippen LogP contribution in [-0.4, -0.2) is 9.13 Å². The molecule has 0 amide bonds. The van der Waals surface area contributed by atoms with Crippen molar-refractivity contribution in [2.24, 2.45) is 0 Å². The smallest absolute Gasteiger partial charge is 0.309 e. The van der Waals surface area contributed by atoms with Crippen molar-refractivity contribution in [3.8, 4) is 67.0 Å². The maximum absolute atomic E-state index is 17.2. The Morgan fingerprint density at radius 2 is 0.537 bits per heavy atom. The summed E-state index contributed by atoms with van der Waals surface area (Å²) >= 11 is 0. The summed E-state index contributed by atoms with van der Waals surface area (Å²) in [6.07, 6.45) is -5.01. The van der Waals surface area contributed by atoms with Crippen LogP contribution in [0.25, 0.3) is 111 Å². The fourth-order valence-corrected chi connectivity index (χ4v) is 13.9. The third-order valence-corrected chi connectivity index (χ3v) is 16.5. The van der Waals surface area contributed by atoms with Crippen LogP contribution in [0.1, 0.15) is 72.3 Å². The average Bonchev–Trinajstić information content (AvgIpc) is 2.78. The Morgan fingerprint density at radius 3 is 0.775 bits per heavy atom. The van der Waals surface area contributed by atoms with E-state index in [0.29, 0.717) is 22.1 Å². The molecule has 398 valence electrons. The molecule has 0 N–H and O–H groups in total. The van der Waals surface area contributed by atoms with Gasteiger partial charge in [0.05, 0.1) is 39.0 Å². The first kappa shape index (κ1) is 52.2. The van der Waals surface area contributed by atoms with Gasteiger partial charge in [-0.15, -0.1) is 0 Å². The van der Waals surface area contributed by atoms with Crippen LogP contribution in [0.4, 0.5) is 22.0 Å². The van der Waals surface area contributed by atoms with E-state index in [4.69, 9.17) is 0 Å². The minimum Gasteiger partial charge on any atom is -0.309 e. The molecule has 0 radical (unpaired) electrons. The monoisotopic (exact) mass is 1060 g/mol. The minimum atomic E-state index is -5.01. The largest absolute Gasteiger partial charge is 0.420 e. The number of rotatable bonds is 7. The minimum absolute atomic E-state index is 0.0429. The van der Waals surface area contributed by atoms with E-state index in [-0.39, 0.29) is 16.9 Å². The standard InChI is InChI=1S/C73H61F5N2/c1-38-24-42(5)67(43(6)25-38)50-16-20-61-55(32-50)56-33-51(68-44(7)26-39(2)27-45(68)8)17-21-62(56)79(61)65-36-54(71-59(74)14-13-15-60(71)75)37-66(72(65)73(76,77)78)80-63-22-18-52(69-46(9)28-40(3)29-47(69)10)34-57(63)58-35-53(19-23-64(58)80)70-48(11)30-41(4)31-49(70)12/h13-37H,1-12H3. The van der Waals surface area contributed by atoms with Gasteiger partial charge in [0.15, 0.2) is 0 Å². The summed E-state index contributed by atoms with van der Waals surface area (Å²) in [5.41, 5.74) is 21.2. The van der Waals surface area contributed by atoms with Crippen LogP contribution in [0.15, 0.2) is 152 Å². The van der Waals surface area contributed by atoms with E-state index in [2.05, 4.69) is 156 Å². The lowest BCUT2D eigenvalue weighted by atomic mass is 9.91. The van der Waals surface area contributed by atoms with Gasteiger partial charge in [-0.3, -0.25) is 0 Å². The van der Waals surface area contributed by atoms with Gasteiger partial charge in [-0.1, -0.05) is 101 Å². The van der Waals surface area contributed by atoms with E-state index in [0.717, 1.165) is 145 Å². The number of aryl methyl sites for hydroxylation is 12. The number of benzene rings is 10. The molecule has 0 fully saturated rings. The summed E-state index contributed by atoms with van der Waals surface area (Å²) in [7, 11) is 0. The molecular formula is C73H61F5N2. The maximum atomic E-state index is 17.2. The second-order valence-electron chi connectivity index (χ2n) is 22.7. The number of halogens is 5. The number of aromatic nitrogens is 2. The van der Waals surface area contributed by atoms with Crippen molar-refractivity contribution < 1.29 is 22.0 Å². The van der Waals surface area contributed by atoms with E-state index in [1.165, 1.54) is 18.2 Å². The Kier molecular flexibility index (Phi) is 12.4. The molecule has 12 aromatic rings. The normalized spacial score (nSPS) is 12.1. The van der Waals surface area contributed by atoms with Gasteiger partial charge in [-0.25, -0.2) is 8.78 Å². The summed E-state index contributed by atoms with van der Waals surface area (Å²) < 4.78 is 88.1. The van der Waals surface area contributed by atoms with Crippen molar-refractivity contribution in [3.63, 3.8) is 0 Å². The maximum Gasteiger partial charge on any atom is 0.420 e. The Balaban J connectivity index is 1.24. The molecule has 0 spiro atoms. The highest BCUT2D eigenvalue weighted by Crippen LogP contribution is 2.49. The number of alkyl halides is 3. The first-order chi connectivity index (χ1) is 38.1. The fourth-order valence-electron chi connectivity index (χ4n) is 13.9. The first-order valence-electron chi connectivity index (χ1n) is 27.3. The van der Waals surface area contributed by atoms with Gasteiger partial charge in [-0.2, -0.15) is 13.2 Å². The van der Waals surface area contributed by atoms with Crippen molar-refractivity contribution in [3.05, 3.63) is 236 Å². The zero-order valence-electron chi connectivity index (χ0n) is 47.2. The highest BCUT2D eigenvalue weighted by Gasteiger charge is 2.40. The van der Waals surface area contributed by atoms with Gasteiger partial charge in [0.1, 0.15) is 17.2 Å². The summed E-state index contributed by atoms with van der Waals surface area (Å²) in [6, 6.07) is 47.2. The van der Waals surface area contributed by atoms with Crippen molar-refractivity contribution in [1.82, 2.24) is 9.13 Å². The van der Waals surface area contributed by atoms with Crippen molar-refractivity contribution in [1.29, 1.82) is 0 Å². The lowest BCUT2D eigenvalue weighted by Crippen LogP contribution is -2.16. The summed E-state index contributed by atoms with van der Waals surface area (Å²) in [5, 5.41) is 2.94. The zero-order valence-corrected chi connectivity index (χ0v) is 47.2. The summed E-state index contributed by atoms with van der Waals surface area (Å²) in [5.74, 6) is -1.79. The van der Waals surface area contributed by atoms with Gasteiger partial charge >= 0.3 is 6.18 Å². The molecule has 0 bridgehead atoms. The molecule has 2 heterocycles. The van der Waals surface area contributed by atoms with Crippen LogP contribution in [0.2, 0.25) is 0 Å². The Hall–Kier alpha value is -8.55. The van der Waals surface area contributed by atoms with Gasteiger partial charge in [0, 0.05) is 21.5 Å². The van der Waals surface area contributed by atoms with Gasteiger partial charge in [0.2, 0.25) is 0 Å². The van der Waals surface area contributed by atoms with Crippen LogP contribution in [0.5, 0.6) is 0 Å². The van der Waals surface area contributed by atoms with Gasteiger partial charge in [0.25, 0.3) is 0 Å². The predicted molar refractivity (Wildman–Crippen MR) is 324 cm³/mol. The fraction of sp³-hybridized carbons (Fsp3) is 0.178. The van der Waals surface area contributed by atoms with E-state index in [1.54, 1.807) is 9.13 Å². The molecule has 10 aromatic carbocycles. The van der Waals surface area contributed by atoms with Crippen LogP contribution in [-0.2, 0) is 6.18 Å².